The van der Waals surface area contributed by atoms with E-state index in [4.69, 9.17) is 0 Å². The van der Waals surface area contributed by atoms with Crippen molar-refractivity contribution in [3.05, 3.63) is 22.4 Å². The van der Waals surface area contributed by atoms with E-state index >= 15 is 0 Å². The average Bonchev–Trinajstić information content (AvgIpc) is 2.92. The van der Waals surface area contributed by atoms with Crippen molar-refractivity contribution >= 4 is 17.2 Å². The first kappa shape index (κ1) is 11.6. The molecule has 3 heteroatoms. The fourth-order valence-electron chi connectivity index (χ4n) is 2.10. The number of thiophene rings is 1. The topological polar surface area (TPSA) is 20.3 Å². The van der Waals surface area contributed by atoms with Crippen LogP contribution in [0.1, 0.15) is 37.5 Å². The third kappa shape index (κ3) is 2.01. The van der Waals surface area contributed by atoms with Crippen molar-refractivity contribution in [2.45, 2.75) is 38.0 Å². The van der Waals surface area contributed by atoms with E-state index in [2.05, 4.69) is 18.4 Å². The summed E-state index contributed by atoms with van der Waals surface area (Å²) >= 11 is 1.71. The molecule has 1 aliphatic rings. The van der Waals surface area contributed by atoms with Gasteiger partial charge in [0.2, 0.25) is 5.91 Å². The molecule has 2 rings (SSSR count). The Morgan fingerprint density at radius 2 is 2.31 bits per heavy atom. The summed E-state index contributed by atoms with van der Waals surface area (Å²) in [7, 11) is 1.94. The third-order valence-electron chi connectivity index (χ3n) is 3.35. The van der Waals surface area contributed by atoms with E-state index in [-0.39, 0.29) is 5.41 Å². The van der Waals surface area contributed by atoms with Crippen LogP contribution in [-0.4, -0.2) is 24.4 Å². The molecule has 1 saturated carbocycles. The number of rotatable bonds is 5. The molecule has 88 valence electrons. The van der Waals surface area contributed by atoms with Crippen LogP contribution in [0, 0.1) is 0 Å². The minimum absolute atomic E-state index is 0.142. The maximum absolute atomic E-state index is 12.4. The van der Waals surface area contributed by atoms with E-state index in [1.807, 2.05) is 18.0 Å². The molecule has 1 heterocycles. The average molecular weight is 237 g/mol. The molecule has 0 radical (unpaired) electrons. The Bertz CT molecular complexity index is 354. The molecule has 1 aromatic heterocycles. The van der Waals surface area contributed by atoms with Crippen LogP contribution >= 0.6 is 11.3 Å². The smallest absolute Gasteiger partial charge is 0.233 e. The number of likely N-dealkylation sites (N-methyl/N-ethyl adjacent to an activating group) is 1. The molecular formula is C13H19NOS. The summed E-state index contributed by atoms with van der Waals surface area (Å²) in [6, 6.07) is 4.14. The van der Waals surface area contributed by atoms with Gasteiger partial charge in [-0.15, -0.1) is 11.3 Å². The quantitative estimate of drug-likeness (QED) is 0.771. The molecule has 0 aromatic carbocycles. The van der Waals surface area contributed by atoms with Gasteiger partial charge in [0.05, 0.1) is 5.41 Å². The lowest BCUT2D eigenvalue weighted by Gasteiger charge is -2.22. The summed E-state index contributed by atoms with van der Waals surface area (Å²) in [5, 5.41) is 2.06. The predicted octanol–water partition coefficient (Wildman–Crippen LogP) is 3.04. The summed E-state index contributed by atoms with van der Waals surface area (Å²) in [5.74, 6) is 0.323. The van der Waals surface area contributed by atoms with Gasteiger partial charge in [0.15, 0.2) is 0 Å². The Kier molecular flexibility index (Phi) is 3.33. The van der Waals surface area contributed by atoms with Crippen LogP contribution in [0.3, 0.4) is 0 Å². The van der Waals surface area contributed by atoms with Gasteiger partial charge in [-0.1, -0.05) is 19.4 Å². The lowest BCUT2D eigenvalue weighted by molar-refractivity contribution is -0.132. The number of nitrogens with zero attached hydrogens (tertiary/aromatic N) is 1. The summed E-state index contributed by atoms with van der Waals surface area (Å²) < 4.78 is 0. The Morgan fingerprint density at radius 1 is 1.56 bits per heavy atom. The summed E-state index contributed by atoms with van der Waals surface area (Å²) in [6.07, 6.45) is 4.30. The van der Waals surface area contributed by atoms with Crippen LogP contribution < -0.4 is 0 Å². The van der Waals surface area contributed by atoms with Gasteiger partial charge in [-0.3, -0.25) is 4.79 Å². The molecule has 0 saturated heterocycles. The van der Waals surface area contributed by atoms with E-state index in [0.29, 0.717) is 5.91 Å². The second-order valence-electron chi connectivity index (χ2n) is 4.64. The highest BCUT2D eigenvalue weighted by Gasteiger charge is 2.53. The van der Waals surface area contributed by atoms with Gasteiger partial charge in [0.1, 0.15) is 0 Å². The molecule has 1 aromatic rings. The lowest BCUT2D eigenvalue weighted by atomic mass is 10.0. The number of carbonyl (C=O) groups excluding carboxylic acids is 1. The zero-order valence-electron chi connectivity index (χ0n) is 10.0. The highest BCUT2D eigenvalue weighted by atomic mass is 32.1. The van der Waals surface area contributed by atoms with Crippen molar-refractivity contribution < 1.29 is 4.79 Å². The van der Waals surface area contributed by atoms with Gasteiger partial charge in [0, 0.05) is 18.5 Å². The second-order valence-corrected chi connectivity index (χ2v) is 5.59. The zero-order chi connectivity index (χ0) is 11.6. The minimum atomic E-state index is -0.142. The van der Waals surface area contributed by atoms with Crippen LogP contribution in [0.15, 0.2) is 17.5 Å². The molecule has 16 heavy (non-hydrogen) atoms. The predicted molar refractivity (Wildman–Crippen MR) is 67.8 cm³/mol. The van der Waals surface area contributed by atoms with E-state index in [9.17, 15) is 4.79 Å². The molecule has 1 fully saturated rings. The van der Waals surface area contributed by atoms with Gasteiger partial charge < -0.3 is 4.90 Å². The van der Waals surface area contributed by atoms with Crippen molar-refractivity contribution in [3.63, 3.8) is 0 Å². The van der Waals surface area contributed by atoms with Crippen LogP contribution in [0.2, 0.25) is 0 Å². The molecule has 0 aliphatic heterocycles. The Balaban J connectivity index is 2.04. The molecule has 0 N–H and O–H groups in total. The SMILES string of the molecule is CCCCN(C)C(=O)C1(c2cccs2)CC1. The first-order valence-corrected chi connectivity index (χ1v) is 6.88. The number of hydrogen-bond donors (Lipinski definition) is 0. The van der Waals surface area contributed by atoms with Gasteiger partial charge in [-0.05, 0) is 30.7 Å². The standard InChI is InChI=1S/C13H19NOS/c1-3-4-9-14(2)12(15)13(7-8-13)11-6-5-10-16-11/h5-6,10H,3-4,7-9H2,1-2H3. The van der Waals surface area contributed by atoms with Crippen LogP contribution in [-0.2, 0) is 10.2 Å². The van der Waals surface area contributed by atoms with E-state index in [1.54, 1.807) is 11.3 Å². The number of unbranched alkanes of at least 4 members (excludes halogenated alkanes) is 1. The third-order valence-corrected chi connectivity index (χ3v) is 4.42. The molecule has 0 atom stereocenters. The van der Waals surface area contributed by atoms with Crippen molar-refractivity contribution in [1.29, 1.82) is 0 Å². The minimum Gasteiger partial charge on any atom is -0.345 e. The monoisotopic (exact) mass is 237 g/mol. The van der Waals surface area contributed by atoms with E-state index in [0.717, 1.165) is 32.2 Å². The van der Waals surface area contributed by atoms with Gasteiger partial charge in [-0.2, -0.15) is 0 Å². The lowest BCUT2D eigenvalue weighted by Crippen LogP contribution is -2.36. The normalized spacial score (nSPS) is 17.1. The first-order chi connectivity index (χ1) is 7.70. The summed E-state index contributed by atoms with van der Waals surface area (Å²) in [4.78, 5) is 15.5. The van der Waals surface area contributed by atoms with Crippen LogP contribution in [0.5, 0.6) is 0 Å². The summed E-state index contributed by atoms with van der Waals surface area (Å²) in [6.45, 7) is 3.05. The molecule has 1 amide bonds. The van der Waals surface area contributed by atoms with Crippen molar-refractivity contribution in [2.75, 3.05) is 13.6 Å². The molecule has 1 aliphatic carbocycles. The molecule has 0 unspecified atom stereocenters. The number of hydrogen-bond acceptors (Lipinski definition) is 2. The van der Waals surface area contributed by atoms with Crippen molar-refractivity contribution in [1.82, 2.24) is 4.90 Å². The van der Waals surface area contributed by atoms with E-state index < -0.39 is 0 Å². The van der Waals surface area contributed by atoms with Crippen LogP contribution in [0.25, 0.3) is 0 Å². The Morgan fingerprint density at radius 3 is 2.81 bits per heavy atom. The highest BCUT2D eigenvalue weighted by molar-refractivity contribution is 7.10. The maximum atomic E-state index is 12.4. The number of amides is 1. The molecule has 0 bridgehead atoms. The fourth-order valence-corrected chi connectivity index (χ4v) is 3.08. The largest absolute Gasteiger partial charge is 0.345 e. The highest BCUT2D eigenvalue weighted by Crippen LogP contribution is 2.51. The maximum Gasteiger partial charge on any atom is 0.233 e. The van der Waals surface area contributed by atoms with Gasteiger partial charge in [-0.25, -0.2) is 0 Å². The fraction of sp³-hybridized carbons (Fsp3) is 0.615. The van der Waals surface area contributed by atoms with Gasteiger partial charge in [0.25, 0.3) is 0 Å². The molecule has 2 nitrogen and oxygen atoms in total. The van der Waals surface area contributed by atoms with Crippen molar-refractivity contribution in [2.24, 2.45) is 0 Å². The first-order valence-electron chi connectivity index (χ1n) is 6.00. The molecule has 0 spiro atoms. The Labute approximate surface area is 101 Å². The number of carbonyl (C=O) groups is 1. The van der Waals surface area contributed by atoms with Crippen molar-refractivity contribution in [3.8, 4) is 0 Å². The molecular weight excluding hydrogens is 218 g/mol. The van der Waals surface area contributed by atoms with E-state index in [1.165, 1.54) is 4.88 Å². The zero-order valence-corrected chi connectivity index (χ0v) is 10.8. The van der Waals surface area contributed by atoms with Crippen LogP contribution in [0.4, 0.5) is 0 Å². The van der Waals surface area contributed by atoms with Gasteiger partial charge >= 0.3 is 0 Å². The summed E-state index contributed by atoms with van der Waals surface area (Å²) in [5.41, 5.74) is -0.142. The Hall–Kier alpha value is -0.830. The second kappa shape index (κ2) is 4.58.